The molecule has 1 saturated heterocycles. The predicted octanol–water partition coefficient (Wildman–Crippen LogP) is 3.03. The van der Waals surface area contributed by atoms with Crippen LogP contribution in [0, 0.1) is 0 Å². The topological polar surface area (TPSA) is 76.1 Å². The zero-order valence-electron chi connectivity index (χ0n) is 14.5. The summed E-state index contributed by atoms with van der Waals surface area (Å²) >= 11 is 3.42. The molecule has 1 fully saturated rings. The van der Waals surface area contributed by atoms with Crippen LogP contribution in [0.4, 0.5) is 5.82 Å². The number of H-pyrrole nitrogens is 1. The van der Waals surface area contributed by atoms with E-state index >= 15 is 0 Å². The number of fused-ring (bicyclic) bond motifs is 1. The summed E-state index contributed by atoms with van der Waals surface area (Å²) in [6.07, 6.45) is 2.00. The van der Waals surface area contributed by atoms with Crippen LogP contribution in [-0.4, -0.2) is 40.1 Å². The van der Waals surface area contributed by atoms with E-state index in [0.29, 0.717) is 17.1 Å². The molecule has 138 valence electrons. The van der Waals surface area contributed by atoms with Gasteiger partial charge in [0.05, 0.1) is 29.7 Å². The summed E-state index contributed by atoms with van der Waals surface area (Å²) in [5, 5.41) is 5.78. The molecule has 1 aromatic carbocycles. The Hall–Kier alpha value is -1.80. The smallest absolute Gasteiger partial charge is 0.270 e. The molecule has 4 rings (SSSR count). The van der Waals surface area contributed by atoms with Gasteiger partial charge in [0.25, 0.3) is 5.56 Å². The number of nitrogens with zero attached hydrogens (tertiary/aromatic N) is 1. The Kier molecular flexibility index (Phi) is 5.04. The zero-order chi connectivity index (χ0) is 18.1. The Bertz CT molecular complexity index is 854. The van der Waals surface area contributed by atoms with Gasteiger partial charge in [-0.05, 0) is 42.0 Å². The lowest BCUT2D eigenvalue weighted by Gasteiger charge is -2.24. The van der Waals surface area contributed by atoms with Gasteiger partial charge in [0.2, 0.25) is 5.91 Å². The highest BCUT2D eigenvalue weighted by molar-refractivity contribution is 8.00. The molecule has 0 unspecified atom stereocenters. The van der Waals surface area contributed by atoms with Crippen molar-refractivity contribution in [1.29, 1.82) is 0 Å². The van der Waals surface area contributed by atoms with E-state index < -0.39 is 0 Å². The van der Waals surface area contributed by atoms with Gasteiger partial charge in [0.1, 0.15) is 11.6 Å². The van der Waals surface area contributed by atoms with E-state index in [2.05, 4.69) is 10.4 Å². The molecular formula is C18H21N3O3S2. The van der Waals surface area contributed by atoms with Crippen LogP contribution >= 0.6 is 23.5 Å². The second-order valence-electron chi connectivity index (χ2n) is 6.43. The van der Waals surface area contributed by atoms with Crippen molar-refractivity contribution in [2.24, 2.45) is 0 Å². The Balaban J connectivity index is 1.78. The fourth-order valence-electron chi connectivity index (χ4n) is 3.50. The minimum Gasteiger partial charge on any atom is -0.497 e. The number of aromatic amines is 1. The second kappa shape index (κ2) is 7.44. The summed E-state index contributed by atoms with van der Waals surface area (Å²) in [5.74, 6) is 3.82. The second-order valence-corrected chi connectivity index (χ2v) is 8.75. The highest BCUT2D eigenvalue weighted by Crippen LogP contribution is 2.41. The molecule has 1 atom stereocenters. The fourth-order valence-corrected chi connectivity index (χ4v) is 5.71. The van der Waals surface area contributed by atoms with Crippen LogP contribution in [0.3, 0.4) is 0 Å². The van der Waals surface area contributed by atoms with E-state index in [1.54, 1.807) is 7.11 Å². The van der Waals surface area contributed by atoms with E-state index in [0.717, 1.165) is 35.7 Å². The molecule has 3 heterocycles. The van der Waals surface area contributed by atoms with E-state index in [1.165, 1.54) is 11.8 Å². The van der Waals surface area contributed by atoms with E-state index in [4.69, 9.17) is 4.74 Å². The van der Waals surface area contributed by atoms with Crippen LogP contribution in [-0.2, 0) is 4.79 Å². The van der Waals surface area contributed by atoms with Crippen LogP contribution < -0.4 is 15.6 Å². The summed E-state index contributed by atoms with van der Waals surface area (Å²) < 4.78 is 7.13. The minimum atomic E-state index is -0.183. The van der Waals surface area contributed by atoms with Gasteiger partial charge in [-0.3, -0.25) is 19.4 Å². The van der Waals surface area contributed by atoms with Gasteiger partial charge >= 0.3 is 0 Å². The molecule has 6 nitrogen and oxygen atoms in total. The van der Waals surface area contributed by atoms with Gasteiger partial charge in [0, 0.05) is 0 Å². The minimum absolute atomic E-state index is 0.0646. The molecule has 0 bridgehead atoms. The number of amides is 1. The lowest BCUT2D eigenvalue weighted by atomic mass is 10.1. The lowest BCUT2D eigenvalue weighted by molar-refractivity contribution is -0.113. The normalized spacial score (nSPS) is 21.0. The molecule has 0 saturated carbocycles. The average Bonchev–Trinajstić information content (AvgIpc) is 2.88. The zero-order valence-corrected chi connectivity index (χ0v) is 16.1. The van der Waals surface area contributed by atoms with Crippen molar-refractivity contribution < 1.29 is 9.53 Å². The molecular weight excluding hydrogens is 370 g/mol. The maximum atomic E-state index is 12.8. The highest BCUT2D eigenvalue weighted by Gasteiger charge is 2.32. The Morgan fingerprint density at radius 3 is 2.58 bits per heavy atom. The van der Waals surface area contributed by atoms with E-state index in [9.17, 15) is 9.59 Å². The monoisotopic (exact) mass is 391 g/mol. The average molecular weight is 392 g/mol. The first-order valence-corrected chi connectivity index (χ1v) is 10.8. The molecule has 0 radical (unpaired) electrons. The number of aromatic nitrogens is 2. The van der Waals surface area contributed by atoms with Crippen molar-refractivity contribution in [1.82, 2.24) is 9.78 Å². The molecule has 2 aliphatic rings. The number of hydrogen-bond acceptors (Lipinski definition) is 5. The summed E-state index contributed by atoms with van der Waals surface area (Å²) in [7, 11) is 1.63. The Morgan fingerprint density at radius 2 is 1.88 bits per heavy atom. The van der Waals surface area contributed by atoms with Gasteiger partial charge in [0.15, 0.2) is 0 Å². The van der Waals surface area contributed by atoms with Crippen molar-refractivity contribution in [3.63, 3.8) is 0 Å². The standard InChI is InChI=1S/C18H21N3O3S2/c1-24-13-4-2-11(3-5-13)16-15-17(19-14(22)10-26-16)21(20-18(15)23)12-6-8-25-9-7-12/h2-5,12,16H,6-10H2,1H3,(H,19,22)(H,20,23)/t16-/m1/s1. The summed E-state index contributed by atoms with van der Waals surface area (Å²) in [5.41, 5.74) is 1.52. The van der Waals surface area contributed by atoms with Crippen molar-refractivity contribution in [2.75, 3.05) is 29.7 Å². The predicted molar refractivity (Wildman–Crippen MR) is 107 cm³/mol. The van der Waals surface area contributed by atoms with E-state index in [1.807, 2.05) is 40.7 Å². The first-order chi connectivity index (χ1) is 12.7. The van der Waals surface area contributed by atoms with Crippen molar-refractivity contribution in [3.8, 4) is 5.75 Å². The Morgan fingerprint density at radius 1 is 1.15 bits per heavy atom. The first-order valence-electron chi connectivity index (χ1n) is 8.65. The summed E-state index contributed by atoms with van der Waals surface area (Å²) in [4.78, 5) is 25.1. The Labute approximate surface area is 160 Å². The molecule has 0 spiro atoms. The highest BCUT2D eigenvalue weighted by atomic mass is 32.2. The van der Waals surface area contributed by atoms with Crippen LogP contribution in [0.25, 0.3) is 0 Å². The number of thioether (sulfide) groups is 2. The van der Waals surface area contributed by atoms with Gasteiger partial charge in [-0.1, -0.05) is 12.1 Å². The number of carbonyl (C=O) groups is 1. The van der Waals surface area contributed by atoms with Crippen LogP contribution in [0.5, 0.6) is 5.75 Å². The van der Waals surface area contributed by atoms with Crippen molar-refractivity contribution in [2.45, 2.75) is 24.1 Å². The fraction of sp³-hybridized carbons (Fsp3) is 0.444. The number of anilines is 1. The number of ether oxygens (including phenoxy) is 1. The quantitative estimate of drug-likeness (QED) is 0.841. The SMILES string of the molecule is COc1ccc([C@H]2SCC(=O)Nc3c2c(=O)[nH]n3C2CCSCC2)cc1. The van der Waals surface area contributed by atoms with Gasteiger partial charge in [-0.15, -0.1) is 11.8 Å². The van der Waals surface area contributed by atoms with Gasteiger partial charge < -0.3 is 10.1 Å². The molecule has 0 aliphatic carbocycles. The number of carbonyl (C=O) groups excluding carboxylic acids is 1. The largest absolute Gasteiger partial charge is 0.497 e. The molecule has 8 heteroatoms. The van der Waals surface area contributed by atoms with Crippen LogP contribution in [0.1, 0.15) is 35.3 Å². The number of methoxy groups -OCH3 is 1. The number of rotatable bonds is 3. The third kappa shape index (κ3) is 3.27. The molecule has 1 aromatic heterocycles. The lowest BCUT2D eigenvalue weighted by Crippen LogP contribution is -2.22. The third-order valence-electron chi connectivity index (χ3n) is 4.84. The van der Waals surface area contributed by atoms with Gasteiger partial charge in [-0.2, -0.15) is 11.8 Å². The summed E-state index contributed by atoms with van der Waals surface area (Å²) in [6, 6.07) is 7.93. The first kappa shape index (κ1) is 17.6. The maximum Gasteiger partial charge on any atom is 0.270 e. The molecule has 2 aliphatic heterocycles. The van der Waals surface area contributed by atoms with Crippen LogP contribution in [0.15, 0.2) is 29.1 Å². The number of hydrogen-bond donors (Lipinski definition) is 2. The third-order valence-corrected chi connectivity index (χ3v) is 7.16. The van der Waals surface area contributed by atoms with Crippen molar-refractivity contribution >= 4 is 35.2 Å². The molecule has 1 amide bonds. The van der Waals surface area contributed by atoms with Gasteiger partial charge in [-0.25, -0.2) is 0 Å². The number of benzene rings is 1. The molecule has 2 N–H and O–H groups in total. The van der Waals surface area contributed by atoms with E-state index in [-0.39, 0.29) is 22.8 Å². The molecule has 26 heavy (non-hydrogen) atoms. The number of nitrogens with one attached hydrogen (secondary N) is 2. The maximum absolute atomic E-state index is 12.8. The molecule has 2 aromatic rings. The van der Waals surface area contributed by atoms with Crippen LogP contribution in [0.2, 0.25) is 0 Å². The summed E-state index contributed by atoms with van der Waals surface area (Å²) in [6.45, 7) is 0. The van der Waals surface area contributed by atoms with Crippen molar-refractivity contribution in [3.05, 3.63) is 45.7 Å².